The Bertz CT molecular complexity index is 663. The molecule has 0 aromatic heterocycles. The summed E-state index contributed by atoms with van der Waals surface area (Å²) in [4.78, 5) is 12.7. The number of ether oxygens (including phenoxy) is 1. The molecule has 0 heterocycles. The van der Waals surface area contributed by atoms with E-state index in [9.17, 15) is 4.79 Å². The second-order valence-electron chi connectivity index (χ2n) is 4.11. The van der Waals surface area contributed by atoms with Crippen LogP contribution >= 0.6 is 11.9 Å². The second-order valence-corrected chi connectivity index (χ2v) is 4.96. The van der Waals surface area contributed by atoms with Crippen LogP contribution in [0.5, 0.6) is 0 Å². The molecule has 0 atom stereocenters. The van der Waals surface area contributed by atoms with Crippen molar-refractivity contribution in [2.75, 3.05) is 11.3 Å². The van der Waals surface area contributed by atoms with E-state index in [4.69, 9.17) is 10.00 Å². The third kappa shape index (κ3) is 4.01. The van der Waals surface area contributed by atoms with E-state index in [1.54, 1.807) is 31.2 Å². The summed E-state index contributed by atoms with van der Waals surface area (Å²) >= 11 is 1.33. The molecule has 0 unspecified atom stereocenters. The van der Waals surface area contributed by atoms with Gasteiger partial charge in [0.2, 0.25) is 0 Å². The van der Waals surface area contributed by atoms with Crippen molar-refractivity contribution in [3.63, 3.8) is 0 Å². The minimum absolute atomic E-state index is 0.331. The highest BCUT2D eigenvalue weighted by atomic mass is 32.2. The third-order valence-electron chi connectivity index (χ3n) is 2.68. The van der Waals surface area contributed by atoms with Crippen LogP contribution in [0, 0.1) is 11.3 Å². The van der Waals surface area contributed by atoms with Crippen molar-refractivity contribution in [2.45, 2.75) is 11.8 Å². The number of nitrogens with one attached hydrogen (secondary N) is 1. The number of carbonyl (C=O) groups excluding carboxylic acids is 1. The maximum Gasteiger partial charge on any atom is 0.339 e. The highest BCUT2D eigenvalue weighted by Gasteiger charge is 2.12. The zero-order chi connectivity index (χ0) is 15.1. The lowest BCUT2D eigenvalue weighted by atomic mass is 10.2. The van der Waals surface area contributed by atoms with Gasteiger partial charge in [-0.1, -0.05) is 12.1 Å². The molecule has 2 rings (SSSR count). The first-order valence-electron chi connectivity index (χ1n) is 6.43. The van der Waals surface area contributed by atoms with Crippen LogP contribution < -0.4 is 4.72 Å². The SMILES string of the molecule is CCOC(=O)c1ccccc1SNc1ccc(C#N)cc1. The molecule has 0 saturated heterocycles. The number of anilines is 1. The molecule has 0 aliphatic rings. The number of benzene rings is 2. The van der Waals surface area contributed by atoms with Crippen LogP contribution in [0.15, 0.2) is 53.4 Å². The summed E-state index contributed by atoms with van der Waals surface area (Å²) in [5.41, 5.74) is 2.00. The Morgan fingerprint density at radius 3 is 2.62 bits per heavy atom. The van der Waals surface area contributed by atoms with E-state index in [2.05, 4.69) is 10.8 Å². The molecule has 0 fully saturated rings. The van der Waals surface area contributed by atoms with Crippen molar-refractivity contribution in [3.05, 3.63) is 59.7 Å². The lowest BCUT2D eigenvalue weighted by Gasteiger charge is -2.09. The predicted octanol–water partition coefficient (Wildman–Crippen LogP) is 3.85. The quantitative estimate of drug-likeness (QED) is 0.671. The van der Waals surface area contributed by atoms with Gasteiger partial charge in [0.05, 0.1) is 23.8 Å². The van der Waals surface area contributed by atoms with Crippen LogP contribution in [-0.2, 0) is 4.74 Å². The normalized spacial score (nSPS) is 9.71. The minimum atomic E-state index is -0.331. The molecule has 106 valence electrons. The fourth-order valence-corrected chi connectivity index (χ4v) is 2.43. The van der Waals surface area contributed by atoms with E-state index in [1.165, 1.54) is 11.9 Å². The lowest BCUT2D eigenvalue weighted by Crippen LogP contribution is -2.06. The third-order valence-corrected chi connectivity index (χ3v) is 3.59. The number of nitrogens with zero attached hydrogens (tertiary/aromatic N) is 1. The van der Waals surface area contributed by atoms with Crippen LogP contribution in [0.1, 0.15) is 22.8 Å². The molecule has 4 nitrogen and oxygen atoms in total. The van der Waals surface area contributed by atoms with Gasteiger partial charge in [0.1, 0.15) is 0 Å². The van der Waals surface area contributed by atoms with E-state index >= 15 is 0 Å². The Kier molecular flexibility index (Phi) is 5.24. The molecule has 0 spiro atoms. The van der Waals surface area contributed by atoms with Crippen molar-refractivity contribution in [1.29, 1.82) is 5.26 Å². The van der Waals surface area contributed by atoms with E-state index in [0.29, 0.717) is 17.7 Å². The molecular formula is C16H14N2O2S. The zero-order valence-electron chi connectivity index (χ0n) is 11.5. The number of carbonyl (C=O) groups is 1. The fraction of sp³-hybridized carbons (Fsp3) is 0.125. The maximum atomic E-state index is 11.9. The summed E-state index contributed by atoms with van der Waals surface area (Å²) in [6, 6.07) is 16.4. The first-order valence-corrected chi connectivity index (χ1v) is 7.25. The molecule has 0 radical (unpaired) electrons. The number of hydrogen-bond acceptors (Lipinski definition) is 5. The summed E-state index contributed by atoms with van der Waals surface area (Å²) in [6.07, 6.45) is 0. The van der Waals surface area contributed by atoms with Gasteiger partial charge in [-0.2, -0.15) is 5.26 Å². The maximum absolute atomic E-state index is 11.9. The summed E-state index contributed by atoms with van der Waals surface area (Å²) in [7, 11) is 0. The first-order chi connectivity index (χ1) is 10.2. The Labute approximate surface area is 127 Å². The molecule has 0 aliphatic heterocycles. The van der Waals surface area contributed by atoms with Crippen molar-refractivity contribution in [2.24, 2.45) is 0 Å². The van der Waals surface area contributed by atoms with Gasteiger partial charge in [-0.3, -0.25) is 0 Å². The number of rotatable bonds is 5. The fourth-order valence-electron chi connectivity index (χ4n) is 1.66. The Morgan fingerprint density at radius 1 is 1.24 bits per heavy atom. The van der Waals surface area contributed by atoms with Crippen LogP contribution in [0.25, 0.3) is 0 Å². The van der Waals surface area contributed by atoms with Crippen molar-refractivity contribution in [3.8, 4) is 6.07 Å². The zero-order valence-corrected chi connectivity index (χ0v) is 12.3. The first kappa shape index (κ1) is 14.9. The van der Waals surface area contributed by atoms with Gasteiger partial charge in [-0.05, 0) is 55.3 Å². The highest BCUT2D eigenvalue weighted by Crippen LogP contribution is 2.25. The standard InChI is InChI=1S/C16H14N2O2S/c1-2-20-16(19)14-5-3-4-6-15(14)21-18-13-9-7-12(11-17)8-10-13/h3-10,18H,2H2,1H3. The Hall–Kier alpha value is -2.45. The van der Waals surface area contributed by atoms with Crippen LogP contribution in [0.2, 0.25) is 0 Å². The van der Waals surface area contributed by atoms with E-state index in [0.717, 1.165) is 10.6 Å². The van der Waals surface area contributed by atoms with Crippen molar-refractivity contribution >= 4 is 23.6 Å². The number of hydrogen-bond donors (Lipinski definition) is 1. The van der Waals surface area contributed by atoms with Gasteiger partial charge in [0, 0.05) is 10.6 Å². The Morgan fingerprint density at radius 2 is 1.95 bits per heavy atom. The molecule has 0 aliphatic carbocycles. The molecular weight excluding hydrogens is 284 g/mol. The van der Waals surface area contributed by atoms with Gasteiger partial charge in [0.25, 0.3) is 0 Å². The van der Waals surface area contributed by atoms with Gasteiger partial charge in [-0.25, -0.2) is 4.79 Å². The largest absolute Gasteiger partial charge is 0.462 e. The van der Waals surface area contributed by atoms with Gasteiger partial charge < -0.3 is 9.46 Å². The summed E-state index contributed by atoms with van der Waals surface area (Å²) in [6.45, 7) is 2.13. The van der Waals surface area contributed by atoms with Gasteiger partial charge in [0.15, 0.2) is 0 Å². The van der Waals surface area contributed by atoms with Gasteiger partial charge >= 0.3 is 5.97 Å². The van der Waals surface area contributed by atoms with Crippen molar-refractivity contribution < 1.29 is 9.53 Å². The minimum Gasteiger partial charge on any atom is -0.462 e. The average Bonchev–Trinajstić information content (AvgIpc) is 2.54. The molecule has 1 N–H and O–H groups in total. The number of esters is 1. The monoisotopic (exact) mass is 298 g/mol. The highest BCUT2D eigenvalue weighted by molar-refractivity contribution is 8.00. The average molecular weight is 298 g/mol. The molecule has 0 bridgehead atoms. The van der Waals surface area contributed by atoms with Gasteiger partial charge in [-0.15, -0.1) is 0 Å². The van der Waals surface area contributed by atoms with Crippen LogP contribution in [0.3, 0.4) is 0 Å². The molecule has 2 aromatic carbocycles. The van der Waals surface area contributed by atoms with E-state index < -0.39 is 0 Å². The van der Waals surface area contributed by atoms with Crippen LogP contribution in [-0.4, -0.2) is 12.6 Å². The second kappa shape index (κ2) is 7.36. The molecule has 0 saturated carbocycles. The Balaban J connectivity index is 2.09. The summed E-state index contributed by atoms with van der Waals surface area (Å²) in [5, 5.41) is 8.76. The number of nitriles is 1. The molecule has 0 amide bonds. The molecule has 21 heavy (non-hydrogen) atoms. The smallest absolute Gasteiger partial charge is 0.339 e. The molecule has 2 aromatic rings. The summed E-state index contributed by atoms with van der Waals surface area (Å²) < 4.78 is 8.18. The van der Waals surface area contributed by atoms with Crippen LogP contribution in [0.4, 0.5) is 5.69 Å². The topological polar surface area (TPSA) is 62.1 Å². The van der Waals surface area contributed by atoms with E-state index in [1.807, 2.05) is 24.3 Å². The summed E-state index contributed by atoms with van der Waals surface area (Å²) in [5.74, 6) is -0.331. The van der Waals surface area contributed by atoms with E-state index in [-0.39, 0.29) is 5.97 Å². The van der Waals surface area contributed by atoms with Crippen molar-refractivity contribution in [1.82, 2.24) is 0 Å². The predicted molar refractivity (Wildman–Crippen MR) is 83.0 cm³/mol. The molecule has 5 heteroatoms. The lowest BCUT2D eigenvalue weighted by molar-refractivity contribution is 0.0522.